The number of nitrogens with zero attached hydrogens (tertiary/aromatic N) is 2. The van der Waals surface area contributed by atoms with E-state index in [9.17, 15) is 0 Å². The quantitative estimate of drug-likeness (QED) is 0.409. The van der Waals surface area contributed by atoms with Gasteiger partial charge in [-0.1, -0.05) is 0 Å². The minimum absolute atomic E-state index is 0.0455. The Morgan fingerprint density at radius 3 is 2.48 bits per heavy atom. The Balaban J connectivity index is 3.11. The molecule has 0 aliphatic carbocycles. The lowest BCUT2D eigenvalue weighted by Gasteiger charge is -2.27. The molecule has 0 unspecified atom stereocenters. The van der Waals surface area contributed by atoms with Gasteiger partial charge < -0.3 is 20.1 Å². The lowest BCUT2D eigenvalue weighted by Crippen LogP contribution is -2.32. The number of nitrogens with two attached hydrogens (primary N) is 1. The Morgan fingerprint density at radius 1 is 1.24 bits per heavy atom. The Kier molecular flexibility index (Phi) is 7.11. The van der Waals surface area contributed by atoms with Crippen LogP contribution in [0.15, 0.2) is 6.07 Å². The van der Waals surface area contributed by atoms with Crippen molar-refractivity contribution in [2.45, 2.75) is 20.3 Å². The molecule has 0 fully saturated rings. The van der Waals surface area contributed by atoms with Gasteiger partial charge in [0.15, 0.2) is 0 Å². The summed E-state index contributed by atoms with van der Waals surface area (Å²) in [6.45, 7) is 6.71. The van der Waals surface area contributed by atoms with Crippen LogP contribution in [0.2, 0.25) is 0 Å². The highest BCUT2D eigenvalue weighted by Gasteiger charge is 2.17. The van der Waals surface area contributed by atoms with E-state index in [1.807, 2.05) is 19.9 Å². The van der Waals surface area contributed by atoms with Crippen LogP contribution < -0.4 is 10.6 Å². The van der Waals surface area contributed by atoms with Crippen molar-refractivity contribution < 1.29 is 9.47 Å². The van der Waals surface area contributed by atoms with E-state index in [1.165, 1.54) is 0 Å². The first-order valence-electron chi connectivity index (χ1n) is 7.06. The van der Waals surface area contributed by atoms with Crippen LogP contribution in [0.25, 0.3) is 0 Å². The first-order chi connectivity index (χ1) is 10.0. The standard InChI is InChI=1S/C15H26N4O2/c1-11-10-13(14(15(16)17)12(2)18-11)19(7-9-21-4)6-5-8-20-3/h10H,5-9H2,1-4H3,(H3,16,17). The van der Waals surface area contributed by atoms with Crippen molar-refractivity contribution in [3.63, 3.8) is 0 Å². The lowest BCUT2D eigenvalue weighted by molar-refractivity contribution is 0.191. The number of pyridine rings is 1. The normalized spacial score (nSPS) is 10.7. The molecule has 6 nitrogen and oxygen atoms in total. The Bertz CT molecular complexity index is 477. The van der Waals surface area contributed by atoms with E-state index < -0.39 is 0 Å². The number of nitrogens with one attached hydrogen (secondary N) is 1. The summed E-state index contributed by atoms with van der Waals surface area (Å²) in [7, 11) is 3.38. The summed E-state index contributed by atoms with van der Waals surface area (Å²) in [4.78, 5) is 6.59. The number of amidine groups is 1. The molecule has 6 heteroatoms. The number of hydrogen-bond donors (Lipinski definition) is 2. The maximum Gasteiger partial charge on any atom is 0.126 e. The van der Waals surface area contributed by atoms with E-state index in [-0.39, 0.29) is 5.84 Å². The highest BCUT2D eigenvalue weighted by molar-refractivity contribution is 6.01. The third-order valence-corrected chi connectivity index (χ3v) is 3.26. The number of aromatic nitrogens is 1. The van der Waals surface area contributed by atoms with E-state index in [0.717, 1.165) is 36.6 Å². The van der Waals surface area contributed by atoms with Gasteiger partial charge in [0, 0.05) is 39.6 Å². The predicted molar refractivity (Wildman–Crippen MR) is 85.3 cm³/mol. The van der Waals surface area contributed by atoms with Crippen LogP contribution in [-0.2, 0) is 9.47 Å². The first kappa shape index (κ1) is 17.4. The van der Waals surface area contributed by atoms with Gasteiger partial charge in [0.25, 0.3) is 0 Å². The summed E-state index contributed by atoms with van der Waals surface area (Å²) in [5.41, 5.74) is 9.10. The van der Waals surface area contributed by atoms with Crippen LogP contribution in [0.3, 0.4) is 0 Å². The van der Waals surface area contributed by atoms with Gasteiger partial charge in [0.2, 0.25) is 0 Å². The van der Waals surface area contributed by atoms with Crippen LogP contribution in [0.4, 0.5) is 5.69 Å². The van der Waals surface area contributed by atoms with Gasteiger partial charge >= 0.3 is 0 Å². The molecule has 1 rings (SSSR count). The molecule has 0 aliphatic rings. The fraction of sp³-hybridized carbons (Fsp3) is 0.600. The molecule has 0 spiro atoms. The van der Waals surface area contributed by atoms with Crippen LogP contribution in [0.1, 0.15) is 23.4 Å². The molecule has 21 heavy (non-hydrogen) atoms. The topological polar surface area (TPSA) is 84.5 Å². The fourth-order valence-corrected chi connectivity index (χ4v) is 2.34. The minimum Gasteiger partial charge on any atom is -0.385 e. The van der Waals surface area contributed by atoms with Gasteiger partial charge in [0.1, 0.15) is 5.84 Å². The number of nitrogen functional groups attached to an aromatic ring is 1. The summed E-state index contributed by atoms with van der Waals surface area (Å²) >= 11 is 0. The van der Waals surface area contributed by atoms with Crippen molar-refractivity contribution in [2.24, 2.45) is 5.73 Å². The largest absolute Gasteiger partial charge is 0.385 e. The van der Waals surface area contributed by atoms with Crippen LogP contribution >= 0.6 is 0 Å². The van der Waals surface area contributed by atoms with Gasteiger partial charge in [-0.3, -0.25) is 10.4 Å². The Labute approximate surface area is 126 Å². The maximum atomic E-state index is 7.83. The molecule has 3 N–H and O–H groups in total. The van der Waals surface area contributed by atoms with E-state index in [2.05, 4.69) is 9.88 Å². The fourth-order valence-electron chi connectivity index (χ4n) is 2.34. The van der Waals surface area contributed by atoms with Gasteiger partial charge in [-0.25, -0.2) is 0 Å². The first-order valence-corrected chi connectivity index (χ1v) is 7.06. The van der Waals surface area contributed by atoms with Crippen LogP contribution in [0, 0.1) is 19.3 Å². The van der Waals surface area contributed by atoms with Gasteiger partial charge in [-0.2, -0.15) is 0 Å². The molecule has 0 aliphatic heterocycles. The number of ether oxygens (including phenoxy) is 2. The summed E-state index contributed by atoms with van der Waals surface area (Å²) in [6.07, 6.45) is 0.901. The minimum atomic E-state index is 0.0455. The van der Waals surface area contributed by atoms with E-state index in [4.69, 9.17) is 20.6 Å². The van der Waals surface area contributed by atoms with E-state index >= 15 is 0 Å². The van der Waals surface area contributed by atoms with Crippen molar-refractivity contribution in [2.75, 3.05) is 45.4 Å². The lowest BCUT2D eigenvalue weighted by atomic mass is 10.1. The van der Waals surface area contributed by atoms with Crippen molar-refractivity contribution in [3.05, 3.63) is 23.0 Å². The Hall–Kier alpha value is -1.66. The molecular weight excluding hydrogens is 268 g/mol. The predicted octanol–water partition coefficient (Wildman–Crippen LogP) is 1.47. The highest BCUT2D eigenvalue weighted by atomic mass is 16.5. The third-order valence-electron chi connectivity index (χ3n) is 3.26. The average molecular weight is 294 g/mol. The summed E-state index contributed by atoms with van der Waals surface area (Å²) in [5.74, 6) is 0.0455. The molecular formula is C15H26N4O2. The number of aryl methyl sites for hydroxylation is 2. The third kappa shape index (κ3) is 4.99. The highest BCUT2D eigenvalue weighted by Crippen LogP contribution is 2.24. The molecule has 0 saturated heterocycles. The second kappa shape index (κ2) is 8.59. The van der Waals surface area contributed by atoms with E-state index in [0.29, 0.717) is 18.8 Å². The molecule has 0 bridgehead atoms. The Morgan fingerprint density at radius 2 is 1.90 bits per heavy atom. The van der Waals surface area contributed by atoms with Crippen molar-refractivity contribution >= 4 is 11.5 Å². The SMILES string of the molecule is COCCCN(CCOC)c1cc(C)nc(C)c1C(=N)N. The summed E-state index contributed by atoms with van der Waals surface area (Å²) in [6, 6.07) is 1.98. The molecule has 0 atom stereocenters. The van der Waals surface area contributed by atoms with Crippen molar-refractivity contribution in [1.82, 2.24) is 4.98 Å². The van der Waals surface area contributed by atoms with E-state index in [1.54, 1.807) is 14.2 Å². The molecule has 1 aromatic heterocycles. The summed E-state index contributed by atoms with van der Waals surface area (Å²) < 4.78 is 10.3. The van der Waals surface area contributed by atoms with Gasteiger partial charge in [-0.15, -0.1) is 0 Å². The monoisotopic (exact) mass is 294 g/mol. The molecule has 0 saturated carbocycles. The van der Waals surface area contributed by atoms with Crippen molar-refractivity contribution in [1.29, 1.82) is 5.41 Å². The van der Waals surface area contributed by atoms with Gasteiger partial charge in [-0.05, 0) is 26.3 Å². The summed E-state index contributed by atoms with van der Waals surface area (Å²) in [5, 5.41) is 7.83. The van der Waals surface area contributed by atoms with Crippen LogP contribution in [0.5, 0.6) is 0 Å². The number of rotatable bonds is 9. The zero-order valence-electron chi connectivity index (χ0n) is 13.4. The molecule has 1 aromatic rings. The van der Waals surface area contributed by atoms with Crippen molar-refractivity contribution in [3.8, 4) is 0 Å². The second-order valence-electron chi connectivity index (χ2n) is 4.98. The molecule has 0 amide bonds. The molecule has 0 radical (unpaired) electrons. The number of anilines is 1. The molecule has 118 valence electrons. The number of hydrogen-bond acceptors (Lipinski definition) is 5. The second-order valence-corrected chi connectivity index (χ2v) is 4.98. The van der Waals surface area contributed by atoms with Crippen LogP contribution in [-0.4, -0.2) is 51.3 Å². The average Bonchev–Trinajstić information content (AvgIpc) is 2.41. The zero-order valence-corrected chi connectivity index (χ0v) is 13.4. The van der Waals surface area contributed by atoms with Gasteiger partial charge in [0.05, 0.1) is 23.6 Å². The molecule has 1 heterocycles. The maximum absolute atomic E-state index is 7.83. The molecule has 0 aromatic carbocycles. The smallest absolute Gasteiger partial charge is 0.126 e. The zero-order chi connectivity index (χ0) is 15.8. The number of methoxy groups -OCH3 is 2.